The Hall–Kier alpha value is -1.08. The molecule has 1 N–H and O–H groups in total. The van der Waals surface area contributed by atoms with Gasteiger partial charge in [0, 0.05) is 0 Å². The summed E-state index contributed by atoms with van der Waals surface area (Å²) in [6.45, 7) is 1.80. The molecule has 1 nitrogen and oxygen atoms in total. The third kappa shape index (κ3) is 2.96. The molecule has 82 valence electrons. The summed E-state index contributed by atoms with van der Waals surface area (Å²) in [5, 5.41) is 9.52. The first kappa shape index (κ1) is 11.4. The zero-order valence-electron chi connectivity index (χ0n) is 9.13. The van der Waals surface area contributed by atoms with E-state index in [1.165, 1.54) is 8.92 Å². The summed E-state index contributed by atoms with van der Waals surface area (Å²) in [7, 11) is 0. The molecule has 2 aromatic rings. The molecule has 0 aromatic heterocycles. The number of benzene rings is 2. The fraction of sp³-hybridized carbons (Fsp3) is 0.143. The quantitative estimate of drug-likeness (QED) is 0.841. The monoisotopic (exact) mass is 278 g/mol. The maximum atomic E-state index is 9.52. The minimum absolute atomic E-state index is 0.326. The first-order valence-corrected chi connectivity index (χ1v) is 6.98. The van der Waals surface area contributed by atoms with Gasteiger partial charge in [-0.3, -0.25) is 0 Å². The van der Waals surface area contributed by atoms with Crippen molar-refractivity contribution in [2.75, 3.05) is 0 Å². The predicted octanol–water partition coefficient (Wildman–Crippen LogP) is 1.39. The third-order valence-electron chi connectivity index (χ3n) is 2.32. The normalized spacial score (nSPS) is 12.4. The molecule has 0 saturated heterocycles. The van der Waals surface area contributed by atoms with E-state index in [1.54, 1.807) is 6.92 Å². The van der Waals surface area contributed by atoms with Crippen molar-refractivity contribution in [1.82, 2.24) is 0 Å². The van der Waals surface area contributed by atoms with Gasteiger partial charge in [-0.25, -0.2) is 0 Å². The maximum absolute atomic E-state index is 9.52. The van der Waals surface area contributed by atoms with Crippen LogP contribution in [0.15, 0.2) is 54.6 Å². The summed E-state index contributed by atoms with van der Waals surface area (Å²) in [6, 6.07) is 18.7. The zero-order valence-corrected chi connectivity index (χ0v) is 10.8. The summed E-state index contributed by atoms with van der Waals surface area (Å²) >= 11 is 0.326. The van der Waals surface area contributed by atoms with Crippen LogP contribution in [0.25, 0.3) is 0 Å². The second kappa shape index (κ2) is 5.31. The van der Waals surface area contributed by atoms with Crippen molar-refractivity contribution < 1.29 is 5.11 Å². The molecule has 0 aliphatic carbocycles. The fourth-order valence-electron chi connectivity index (χ4n) is 1.46. The third-order valence-corrected chi connectivity index (χ3v) is 4.41. The number of aliphatic hydroxyl groups is 1. The van der Waals surface area contributed by atoms with E-state index >= 15 is 0 Å². The van der Waals surface area contributed by atoms with Gasteiger partial charge in [0.15, 0.2) is 0 Å². The Kier molecular flexibility index (Phi) is 3.78. The summed E-state index contributed by atoms with van der Waals surface area (Å²) in [5.74, 6) is 0. The Balaban J connectivity index is 2.19. The Labute approximate surface area is 102 Å². The average molecular weight is 277 g/mol. The first-order valence-electron chi connectivity index (χ1n) is 5.26. The van der Waals surface area contributed by atoms with Crippen molar-refractivity contribution in [1.29, 1.82) is 0 Å². The van der Waals surface area contributed by atoms with E-state index in [9.17, 15) is 5.11 Å². The summed E-state index contributed by atoms with van der Waals surface area (Å²) in [5.41, 5.74) is 0.996. The van der Waals surface area contributed by atoms with E-state index in [0.29, 0.717) is 15.0 Å². The fourth-order valence-corrected chi connectivity index (χ4v) is 3.37. The molecule has 16 heavy (non-hydrogen) atoms. The van der Waals surface area contributed by atoms with Crippen LogP contribution >= 0.6 is 0 Å². The van der Waals surface area contributed by atoms with Gasteiger partial charge in [0.25, 0.3) is 0 Å². The van der Waals surface area contributed by atoms with Gasteiger partial charge in [0.05, 0.1) is 0 Å². The van der Waals surface area contributed by atoms with Crippen LogP contribution in [0, 0.1) is 0 Å². The van der Waals surface area contributed by atoms with Gasteiger partial charge in [-0.15, -0.1) is 0 Å². The van der Waals surface area contributed by atoms with Crippen LogP contribution in [0.3, 0.4) is 0 Å². The van der Waals surface area contributed by atoms with Gasteiger partial charge < -0.3 is 0 Å². The van der Waals surface area contributed by atoms with Crippen LogP contribution in [0.1, 0.15) is 18.6 Å². The molecule has 0 aliphatic rings. The van der Waals surface area contributed by atoms with E-state index in [2.05, 4.69) is 36.4 Å². The number of aliphatic hydroxyl groups excluding tert-OH is 1. The van der Waals surface area contributed by atoms with E-state index in [0.717, 1.165) is 5.56 Å². The van der Waals surface area contributed by atoms with Crippen molar-refractivity contribution in [3.8, 4) is 0 Å². The molecule has 1 atom stereocenters. The van der Waals surface area contributed by atoms with Crippen LogP contribution in [0.4, 0.5) is 0 Å². The van der Waals surface area contributed by atoms with Gasteiger partial charge in [0.1, 0.15) is 0 Å². The average Bonchev–Trinajstić information content (AvgIpc) is 2.30. The van der Waals surface area contributed by atoms with E-state index < -0.39 is 0 Å². The Morgan fingerprint density at radius 2 is 1.62 bits per heavy atom. The van der Waals surface area contributed by atoms with E-state index in [4.69, 9.17) is 0 Å². The molecular weight excluding hydrogens is 263 g/mol. The second-order valence-corrected chi connectivity index (χ2v) is 6.07. The summed E-state index contributed by atoms with van der Waals surface area (Å²) in [4.78, 5) is 0. The van der Waals surface area contributed by atoms with E-state index in [1.807, 2.05) is 18.2 Å². The Morgan fingerprint density at radius 3 is 2.31 bits per heavy atom. The zero-order chi connectivity index (χ0) is 11.4. The van der Waals surface area contributed by atoms with Crippen LogP contribution in [-0.4, -0.2) is 20.1 Å². The molecule has 0 spiro atoms. The van der Waals surface area contributed by atoms with Crippen molar-refractivity contribution in [3.05, 3.63) is 60.2 Å². The molecule has 2 aromatic carbocycles. The molecule has 0 saturated carbocycles. The number of rotatable bonds is 3. The Bertz CT molecular complexity index is 451. The van der Waals surface area contributed by atoms with Crippen molar-refractivity contribution in [2.45, 2.75) is 13.0 Å². The van der Waals surface area contributed by atoms with Gasteiger partial charge in [-0.2, -0.15) is 0 Å². The van der Waals surface area contributed by atoms with Crippen molar-refractivity contribution in [2.24, 2.45) is 0 Å². The molecule has 0 radical (unpaired) electrons. The molecule has 2 heteroatoms. The van der Waals surface area contributed by atoms with Crippen LogP contribution in [-0.2, 0) is 0 Å². The van der Waals surface area contributed by atoms with E-state index in [-0.39, 0.29) is 6.10 Å². The molecule has 0 heterocycles. The van der Waals surface area contributed by atoms with Crippen LogP contribution in [0.5, 0.6) is 0 Å². The topological polar surface area (TPSA) is 20.2 Å². The first-order chi connectivity index (χ1) is 7.75. The van der Waals surface area contributed by atoms with Crippen LogP contribution < -0.4 is 8.92 Å². The van der Waals surface area contributed by atoms with Gasteiger partial charge in [-0.1, -0.05) is 0 Å². The minimum atomic E-state index is -0.383. The molecule has 0 fully saturated rings. The number of hydrogen-bond donors (Lipinski definition) is 1. The molecule has 0 amide bonds. The number of hydrogen-bond acceptors (Lipinski definition) is 1. The molecular formula is C14H14OSe. The molecule has 0 unspecified atom stereocenters. The van der Waals surface area contributed by atoms with Gasteiger partial charge in [-0.05, 0) is 0 Å². The van der Waals surface area contributed by atoms with Crippen molar-refractivity contribution in [3.63, 3.8) is 0 Å². The van der Waals surface area contributed by atoms with Crippen LogP contribution in [0.2, 0.25) is 0 Å². The second-order valence-electron chi connectivity index (χ2n) is 3.66. The van der Waals surface area contributed by atoms with Gasteiger partial charge in [0.2, 0.25) is 0 Å². The SMILES string of the molecule is C[C@H](O)c1cccc([Se]c2ccccc2)c1. The van der Waals surface area contributed by atoms with Gasteiger partial charge >= 0.3 is 102 Å². The predicted molar refractivity (Wildman–Crippen MR) is 68.5 cm³/mol. The van der Waals surface area contributed by atoms with Crippen molar-refractivity contribution >= 4 is 23.9 Å². The standard InChI is InChI=1S/C14H14OSe/c1-11(15)12-6-5-9-14(10-12)16-13-7-3-2-4-8-13/h2-11,15H,1H3/t11-/m0/s1. The Morgan fingerprint density at radius 1 is 0.938 bits per heavy atom. The molecule has 0 bridgehead atoms. The molecule has 0 aliphatic heterocycles. The summed E-state index contributed by atoms with van der Waals surface area (Å²) in [6.07, 6.45) is -0.383. The molecule has 2 rings (SSSR count). The summed E-state index contributed by atoms with van der Waals surface area (Å²) < 4.78 is 2.66.